The fourth-order valence-electron chi connectivity index (χ4n) is 1.72. The van der Waals surface area contributed by atoms with E-state index < -0.39 is 10.0 Å². The summed E-state index contributed by atoms with van der Waals surface area (Å²) in [6.07, 6.45) is 1.91. The van der Waals surface area contributed by atoms with Crippen molar-refractivity contribution in [1.82, 2.24) is 5.32 Å². The molecule has 0 atom stereocenters. The Morgan fingerprint density at radius 1 is 1.22 bits per heavy atom. The minimum Gasteiger partial charge on any atom is -0.311 e. The van der Waals surface area contributed by atoms with Crippen LogP contribution in [0.15, 0.2) is 30.3 Å². The van der Waals surface area contributed by atoms with Crippen LogP contribution in [-0.2, 0) is 16.4 Å². The first kappa shape index (κ1) is 15.1. The van der Waals surface area contributed by atoms with Gasteiger partial charge in [-0.2, -0.15) is 0 Å². The van der Waals surface area contributed by atoms with Crippen molar-refractivity contribution >= 4 is 10.0 Å². The Kier molecular flexibility index (Phi) is 5.31. The van der Waals surface area contributed by atoms with Crippen molar-refractivity contribution < 1.29 is 8.42 Å². The lowest BCUT2D eigenvalue weighted by molar-refractivity contribution is 0.372. The first-order chi connectivity index (χ1) is 8.29. The van der Waals surface area contributed by atoms with E-state index >= 15 is 0 Å². The molecular formula is C13H22N2O2S. The van der Waals surface area contributed by atoms with Crippen LogP contribution in [0.3, 0.4) is 0 Å². The van der Waals surface area contributed by atoms with Gasteiger partial charge < -0.3 is 5.32 Å². The predicted molar refractivity (Wildman–Crippen MR) is 74.8 cm³/mol. The maximum Gasteiger partial charge on any atom is 0.210 e. The fourth-order valence-corrected chi connectivity index (χ4v) is 2.11. The number of nitrogens with two attached hydrogens (primary N) is 1. The summed E-state index contributed by atoms with van der Waals surface area (Å²) in [5, 5.41) is 8.19. The minimum atomic E-state index is -3.38. The van der Waals surface area contributed by atoms with Crippen LogP contribution in [0.5, 0.6) is 0 Å². The van der Waals surface area contributed by atoms with Crippen LogP contribution in [0.2, 0.25) is 0 Å². The van der Waals surface area contributed by atoms with Crippen molar-refractivity contribution in [3.63, 3.8) is 0 Å². The molecule has 0 heterocycles. The normalized spacial score (nSPS) is 12.6. The number of nitrogens with one attached hydrogen (secondary N) is 1. The van der Waals surface area contributed by atoms with E-state index in [0.29, 0.717) is 6.54 Å². The quantitative estimate of drug-likeness (QED) is 0.784. The topological polar surface area (TPSA) is 72.2 Å². The monoisotopic (exact) mass is 270 g/mol. The van der Waals surface area contributed by atoms with Crippen molar-refractivity contribution in [2.45, 2.75) is 32.2 Å². The van der Waals surface area contributed by atoms with E-state index in [1.165, 1.54) is 5.56 Å². The largest absolute Gasteiger partial charge is 0.311 e. The summed E-state index contributed by atoms with van der Waals surface area (Å²) < 4.78 is 21.7. The number of primary sulfonamides is 1. The van der Waals surface area contributed by atoms with Crippen LogP contribution in [0.4, 0.5) is 0 Å². The average molecular weight is 270 g/mol. The van der Waals surface area contributed by atoms with Gasteiger partial charge in [0.1, 0.15) is 0 Å². The molecule has 4 nitrogen and oxygen atoms in total. The van der Waals surface area contributed by atoms with Gasteiger partial charge in [0.15, 0.2) is 0 Å². The Morgan fingerprint density at radius 3 is 2.39 bits per heavy atom. The van der Waals surface area contributed by atoms with Gasteiger partial charge in [-0.05, 0) is 32.3 Å². The second kappa shape index (κ2) is 6.31. The zero-order chi connectivity index (χ0) is 13.6. The molecule has 0 radical (unpaired) electrons. The molecular weight excluding hydrogens is 248 g/mol. The predicted octanol–water partition coefficient (Wildman–Crippen LogP) is 1.28. The van der Waals surface area contributed by atoms with Gasteiger partial charge in [-0.3, -0.25) is 0 Å². The summed E-state index contributed by atoms with van der Waals surface area (Å²) in [5.74, 6) is -0.0260. The van der Waals surface area contributed by atoms with Crippen molar-refractivity contribution in [1.29, 1.82) is 0 Å². The number of hydrogen-bond donors (Lipinski definition) is 2. The number of rotatable bonds is 7. The number of aryl methyl sites for hydroxylation is 1. The van der Waals surface area contributed by atoms with Gasteiger partial charge in [-0.25, -0.2) is 13.6 Å². The summed E-state index contributed by atoms with van der Waals surface area (Å²) in [6, 6.07) is 10.2. The highest BCUT2D eigenvalue weighted by Gasteiger charge is 2.17. The van der Waals surface area contributed by atoms with Crippen molar-refractivity contribution in [3.05, 3.63) is 35.9 Å². The summed E-state index contributed by atoms with van der Waals surface area (Å²) in [6.45, 7) is 4.53. The maximum atomic E-state index is 10.8. The number of hydrogen-bond acceptors (Lipinski definition) is 3. The van der Waals surface area contributed by atoms with Crippen molar-refractivity contribution in [2.75, 3.05) is 12.3 Å². The average Bonchev–Trinajstić information content (AvgIpc) is 2.26. The smallest absolute Gasteiger partial charge is 0.210 e. The van der Waals surface area contributed by atoms with E-state index in [1.807, 2.05) is 18.2 Å². The first-order valence-corrected chi connectivity index (χ1v) is 7.79. The van der Waals surface area contributed by atoms with Crippen LogP contribution in [0.25, 0.3) is 0 Å². The van der Waals surface area contributed by atoms with Gasteiger partial charge in [0.25, 0.3) is 0 Å². The van der Waals surface area contributed by atoms with Gasteiger partial charge in [0, 0.05) is 12.1 Å². The molecule has 5 heteroatoms. The van der Waals surface area contributed by atoms with Crippen LogP contribution in [0.1, 0.15) is 25.8 Å². The second-order valence-corrected chi connectivity index (χ2v) is 6.90. The van der Waals surface area contributed by atoms with Crippen molar-refractivity contribution in [3.8, 4) is 0 Å². The molecule has 1 rings (SSSR count). The number of benzene rings is 1. The Bertz CT molecular complexity index is 455. The summed E-state index contributed by atoms with van der Waals surface area (Å²) >= 11 is 0. The molecule has 0 aromatic heterocycles. The van der Waals surface area contributed by atoms with Gasteiger partial charge in [0.2, 0.25) is 10.0 Å². The lowest BCUT2D eigenvalue weighted by Crippen LogP contribution is -2.42. The first-order valence-electron chi connectivity index (χ1n) is 6.08. The van der Waals surface area contributed by atoms with E-state index in [4.69, 9.17) is 5.14 Å². The zero-order valence-corrected chi connectivity index (χ0v) is 11.8. The minimum absolute atomic E-state index is 0.0260. The molecule has 0 amide bonds. The Balaban J connectivity index is 2.36. The lowest BCUT2D eigenvalue weighted by Gasteiger charge is -2.26. The summed E-state index contributed by atoms with van der Waals surface area (Å²) in [7, 11) is -3.38. The maximum absolute atomic E-state index is 10.8. The van der Waals surface area contributed by atoms with Crippen LogP contribution >= 0.6 is 0 Å². The highest BCUT2D eigenvalue weighted by Crippen LogP contribution is 2.13. The number of sulfonamides is 1. The lowest BCUT2D eigenvalue weighted by atomic mass is 9.95. The van der Waals surface area contributed by atoms with Crippen LogP contribution in [0, 0.1) is 0 Å². The molecule has 0 unspecified atom stereocenters. The Hall–Kier alpha value is -0.910. The highest BCUT2D eigenvalue weighted by atomic mass is 32.2. The molecule has 0 saturated heterocycles. The third kappa shape index (κ3) is 6.74. The van der Waals surface area contributed by atoms with Gasteiger partial charge in [0.05, 0.1) is 5.75 Å². The van der Waals surface area contributed by atoms with Gasteiger partial charge in [-0.15, -0.1) is 0 Å². The molecule has 0 aliphatic carbocycles. The van der Waals surface area contributed by atoms with E-state index in [2.05, 4.69) is 31.3 Å². The van der Waals surface area contributed by atoms with Crippen LogP contribution < -0.4 is 10.5 Å². The van der Waals surface area contributed by atoms with Gasteiger partial charge in [-0.1, -0.05) is 30.3 Å². The van der Waals surface area contributed by atoms with E-state index in [-0.39, 0.29) is 11.3 Å². The van der Waals surface area contributed by atoms with Gasteiger partial charge >= 0.3 is 0 Å². The second-order valence-electron chi connectivity index (χ2n) is 5.16. The van der Waals surface area contributed by atoms with E-state index in [1.54, 1.807) is 0 Å². The molecule has 102 valence electrons. The zero-order valence-electron chi connectivity index (χ0n) is 11.0. The summed E-state index contributed by atoms with van der Waals surface area (Å²) in [4.78, 5) is 0. The molecule has 0 spiro atoms. The fraction of sp³-hybridized carbons (Fsp3) is 0.538. The molecule has 0 saturated carbocycles. The SMILES string of the molecule is CC(C)(CCc1ccccc1)NCCS(N)(=O)=O. The Morgan fingerprint density at radius 2 is 1.83 bits per heavy atom. The third-order valence-electron chi connectivity index (χ3n) is 2.87. The molecule has 1 aromatic carbocycles. The van der Waals surface area contributed by atoms with E-state index in [9.17, 15) is 8.42 Å². The van der Waals surface area contributed by atoms with Crippen LogP contribution in [-0.4, -0.2) is 26.3 Å². The Labute approximate surface area is 110 Å². The molecule has 18 heavy (non-hydrogen) atoms. The molecule has 0 bridgehead atoms. The summed E-state index contributed by atoms with van der Waals surface area (Å²) in [5.41, 5.74) is 1.19. The third-order valence-corrected chi connectivity index (χ3v) is 3.64. The molecule has 0 aliphatic heterocycles. The highest BCUT2D eigenvalue weighted by molar-refractivity contribution is 7.89. The molecule has 3 N–H and O–H groups in total. The van der Waals surface area contributed by atoms with E-state index in [0.717, 1.165) is 12.8 Å². The molecule has 0 aliphatic rings. The standard InChI is InChI=1S/C13H22N2O2S/c1-13(2,15-10-11-18(14,16)17)9-8-12-6-4-3-5-7-12/h3-7,15H,8-11H2,1-2H3,(H2,14,16,17). The molecule has 0 fully saturated rings. The van der Waals surface area contributed by atoms with Crippen molar-refractivity contribution in [2.24, 2.45) is 5.14 Å². The molecule has 1 aromatic rings.